The van der Waals surface area contributed by atoms with E-state index in [-0.39, 0.29) is 17.4 Å². The van der Waals surface area contributed by atoms with Crippen LogP contribution in [0.15, 0.2) is 23.1 Å². The maximum atomic E-state index is 13.0. The number of aryl methyl sites for hydroxylation is 1. The average molecular weight is 412 g/mol. The monoisotopic (exact) mass is 411 g/mol. The minimum atomic E-state index is -0.0962. The van der Waals surface area contributed by atoms with Gasteiger partial charge in [-0.2, -0.15) is 0 Å². The Morgan fingerprint density at radius 2 is 1.80 bits per heavy atom. The van der Waals surface area contributed by atoms with Crippen molar-refractivity contribution in [1.82, 2.24) is 19.9 Å². The fraction of sp³-hybridized carbons (Fsp3) is 0.652. The summed E-state index contributed by atoms with van der Waals surface area (Å²) in [6.45, 7) is 3.87. The standard InChI is InChI=1S/C23H33N5O2/c1-2-28-20-19(11-8-14-24-20)26-21(23(28)30)27-15-12-17(13-16-27)22(29)25-18-9-6-4-3-5-7-10-18/h8,11,14,17-18H,2-7,9-10,12-13,15-16H2,1H3,(H,25,29). The van der Waals surface area contributed by atoms with Gasteiger partial charge in [0.2, 0.25) is 5.91 Å². The third kappa shape index (κ3) is 4.50. The first kappa shape index (κ1) is 20.8. The maximum Gasteiger partial charge on any atom is 0.295 e. The van der Waals surface area contributed by atoms with E-state index in [2.05, 4.69) is 15.3 Å². The third-order valence-electron chi connectivity index (χ3n) is 6.62. The van der Waals surface area contributed by atoms with Crippen LogP contribution in [0.4, 0.5) is 5.82 Å². The Balaban J connectivity index is 1.41. The summed E-state index contributed by atoms with van der Waals surface area (Å²) in [5, 5.41) is 3.32. The molecule has 162 valence electrons. The molecule has 1 saturated heterocycles. The van der Waals surface area contributed by atoms with Crippen molar-refractivity contribution in [1.29, 1.82) is 0 Å². The van der Waals surface area contributed by atoms with E-state index in [1.807, 2.05) is 24.0 Å². The number of carbonyl (C=O) groups excluding carboxylic acids is 1. The third-order valence-corrected chi connectivity index (χ3v) is 6.62. The summed E-state index contributed by atoms with van der Waals surface area (Å²) in [7, 11) is 0. The lowest BCUT2D eigenvalue weighted by atomic mass is 9.93. The Kier molecular flexibility index (Phi) is 6.65. The zero-order valence-electron chi connectivity index (χ0n) is 18.0. The second-order valence-corrected chi connectivity index (χ2v) is 8.64. The Bertz CT molecular complexity index is 925. The van der Waals surface area contributed by atoms with Crippen molar-refractivity contribution in [3.8, 4) is 0 Å². The molecule has 3 heterocycles. The highest BCUT2D eigenvalue weighted by Crippen LogP contribution is 2.23. The molecule has 2 aliphatic rings. The molecule has 0 spiro atoms. The fourth-order valence-electron chi connectivity index (χ4n) is 4.83. The number of aromatic nitrogens is 3. The van der Waals surface area contributed by atoms with Crippen LogP contribution in [0.3, 0.4) is 0 Å². The molecule has 1 aliphatic carbocycles. The van der Waals surface area contributed by atoms with E-state index in [0.29, 0.717) is 37.1 Å². The summed E-state index contributed by atoms with van der Waals surface area (Å²) in [6.07, 6.45) is 11.8. The largest absolute Gasteiger partial charge is 0.353 e. The minimum absolute atomic E-state index is 0.0298. The van der Waals surface area contributed by atoms with Gasteiger partial charge in [0, 0.05) is 37.8 Å². The molecule has 0 radical (unpaired) electrons. The molecule has 2 fully saturated rings. The van der Waals surface area contributed by atoms with Crippen LogP contribution in [-0.2, 0) is 11.3 Å². The number of hydrogen-bond acceptors (Lipinski definition) is 5. The second-order valence-electron chi connectivity index (χ2n) is 8.64. The highest BCUT2D eigenvalue weighted by Gasteiger charge is 2.28. The average Bonchev–Trinajstić information content (AvgIpc) is 2.75. The first-order valence-corrected chi connectivity index (χ1v) is 11.6. The number of piperidine rings is 1. The number of fused-ring (bicyclic) bond motifs is 1. The first-order valence-electron chi connectivity index (χ1n) is 11.6. The van der Waals surface area contributed by atoms with Gasteiger partial charge in [0.1, 0.15) is 5.52 Å². The van der Waals surface area contributed by atoms with Crippen LogP contribution in [0.2, 0.25) is 0 Å². The van der Waals surface area contributed by atoms with Crippen molar-refractivity contribution in [3.05, 3.63) is 28.7 Å². The molecular weight excluding hydrogens is 378 g/mol. The Morgan fingerprint density at radius 3 is 2.50 bits per heavy atom. The van der Waals surface area contributed by atoms with Crippen molar-refractivity contribution in [2.75, 3.05) is 18.0 Å². The molecule has 7 nitrogen and oxygen atoms in total. The normalized spacial score (nSPS) is 19.4. The molecule has 0 bridgehead atoms. The van der Waals surface area contributed by atoms with Crippen molar-refractivity contribution in [3.63, 3.8) is 0 Å². The van der Waals surface area contributed by atoms with Crippen molar-refractivity contribution < 1.29 is 4.79 Å². The number of amides is 1. The van der Waals surface area contributed by atoms with E-state index >= 15 is 0 Å². The van der Waals surface area contributed by atoms with Crippen molar-refractivity contribution in [2.45, 2.75) is 77.3 Å². The van der Waals surface area contributed by atoms with Gasteiger partial charge in [0.25, 0.3) is 5.56 Å². The lowest BCUT2D eigenvalue weighted by Crippen LogP contribution is -2.45. The van der Waals surface area contributed by atoms with Crippen LogP contribution in [-0.4, -0.2) is 39.6 Å². The molecule has 2 aromatic heterocycles. The van der Waals surface area contributed by atoms with Crippen LogP contribution in [0.1, 0.15) is 64.7 Å². The van der Waals surface area contributed by atoms with E-state index in [0.717, 1.165) is 31.2 Å². The number of nitrogens with zero attached hydrogens (tertiary/aromatic N) is 4. The van der Waals surface area contributed by atoms with Crippen LogP contribution >= 0.6 is 0 Å². The van der Waals surface area contributed by atoms with Crippen molar-refractivity contribution >= 4 is 22.9 Å². The number of carbonyl (C=O) groups is 1. The molecule has 4 rings (SSSR count). The van der Waals surface area contributed by atoms with Gasteiger partial charge >= 0.3 is 0 Å². The van der Waals surface area contributed by atoms with Crippen LogP contribution in [0.5, 0.6) is 0 Å². The fourth-order valence-corrected chi connectivity index (χ4v) is 4.83. The summed E-state index contributed by atoms with van der Waals surface area (Å²) in [5.41, 5.74) is 1.27. The van der Waals surface area contributed by atoms with Gasteiger partial charge in [-0.1, -0.05) is 32.1 Å². The number of anilines is 1. The van der Waals surface area contributed by atoms with Crippen LogP contribution in [0, 0.1) is 5.92 Å². The first-order chi connectivity index (χ1) is 14.7. The molecule has 0 unspecified atom stereocenters. The van der Waals surface area contributed by atoms with Gasteiger partial charge in [0.05, 0.1) is 0 Å². The molecule has 1 aliphatic heterocycles. The van der Waals surface area contributed by atoms with E-state index in [4.69, 9.17) is 0 Å². The Labute approximate surface area is 177 Å². The SMILES string of the molecule is CCn1c(=O)c(N2CCC(C(=O)NC3CCCCCCC3)CC2)nc2cccnc21. The highest BCUT2D eigenvalue weighted by molar-refractivity contribution is 5.79. The van der Waals surface area contributed by atoms with E-state index < -0.39 is 0 Å². The minimum Gasteiger partial charge on any atom is -0.353 e. The number of hydrogen-bond donors (Lipinski definition) is 1. The van der Waals surface area contributed by atoms with E-state index in [1.54, 1.807) is 10.8 Å². The molecule has 30 heavy (non-hydrogen) atoms. The second kappa shape index (κ2) is 9.58. The molecule has 0 aromatic carbocycles. The molecular formula is C23H33N5O2. The topological polar surface area (TPSA) is 80.1 Å². The van der Waals surface area contributed by atoms with Gasteiger partial charge in [-0.25, -0.2) is 9.97 Å². The zero-order chi connectivity index (χ0) is 20.9. The molecule has 7 heteroatoms. The van der Waals surface area contributed by atoms with E-state index in [1.165, 1.54) is 32.1 Å². The summed E-state index contributed by atoms with van der Waals surface area (Å²) in [6, 6.07) is 4.07. The number of pyridine rings is 1. The van der Waals surface area contributed by atoms with Crippen LogP contribution in [0.25, 0.3) is 11.2 Å². The predicted molar refractivity (Wildman–Crippen MR) is 119 cm³/mol. The summed E-state index contributed by atoms with van der Waals surface area (Å²) in [5.74, 6) is 0.709. The van der Waals surface area contributed by atoms with Gasteiger partial charge in [-0.05, 0) is 44.7 Å². The van der Waals surface area contributed by atoms with Crippen LogP contribution < -0.4 is 15.8 Å². The summed E-state index contributed by atoms with van der Waals surface area (Å²) >= 11 is 0. The van der Waals surface area contributed by atoms with Gasteiger partial charge in [0.15, 0.2) is 11.5 Å². The lowest BCUT2D eigenvalue weighted by molar-refractivity contribution is -0.126. The molecule has 0 atom stereocenters. The maximum absolute atomic E-state index is 13.0. The predicted octanol–water partition coefficient (Wildman–Crippen LogP) is 3.26. The highest BCUT2D eigenvalue weighted by atomic mass is 16.2. The smallest absolute Gasteiger partial charge is 0.295 e. The van der Waals surface area contributed by atoms with Crippen molar-refractivity contribution in [2.24, 2.45) is 5.92 Å². The molecule has 1 saturated carbocycles. The summed E-state index contributed by atoms with van der Waals surface area (Å²) < 4.78 is 1.69. The Morgan fingerprint density at radius 1 is 1.10 bits per heavy atom. The Hall–Kier alpha value is -2.44. The number of nitrogens with one attached hydrogen (secondary N) is 1. The quantitative estimate of drug-likeness (QED) is 0.835. The van der Waals surface area contributed by atoms with Gasteiger partial charge in [-0.15, -0.1) is 0 Å². The molecule has 1 N–H and O–H groups in total. The summed E-state index contributed by atoms with van der Waals surface area (Å²) in [4.78, 5) is 36.8. The zero-order valence-corrected chi connectivity index (χ0v) is 18.0. The van der Waals surface area contributed by atoms with E-state index in [9.17, 15) is 9.59 Å². The number of rotatable bonds is 4. The molecule has 2 aromatic rings. The molecule has 1 amide bonds. The lowest BCUT2D eigenvalue weighted by Gasteiger charge is -2.33. The van der Waals surface area contributed by atoms with Gasteiger partial charge < -0.3 is 10.2 Å². The van der Waals surface area contributed by atoms with Gasteiger partial charge in [-0.3, -0.25) is 14.2 Å².